The average Bonchev–Trinajstić information content (AvgIpc) is 3.07. The maximum atomic E-state index is 2.59. The number of hydrogen-bond donors (Lipinski definition) is 0. The van der Waals surface area contributed by atoms with Crippen LogP contribution < -0.4 is 0 Å². The summed E-state index contributed by atoms with van der Waals surface area (Å²) >= 11 is 0. The fourth-order valence-electron chi connectivity index (χ4n) is 6.32. The van der Waals surface area contributed by atoms with Crippen LogP contribution in [0.4, 0.5) is 0 Å². The lowest BCUT2D eigenvalue weighted by Gasteiger charge is -2.40. The second kappa shape index (κ2) is 3.62. The van der Waals surface area contributed by atoms with Gasteiger partial charge in [0.05, 0.1) is 0 Å². The van der Waals surface area contributed by atoms with Crippen molar-refractivity contribution >= 4 is 0 Å². The third kappa shape index (κ3) is 1.30. The smallest absolute Gasteiger partial charge is 0.0191 e. The van der Waals surface area contributed by atoms with E-state index >= 15 is 0 Å². The number of rotatable bonds is 4. The molecule has 0 N–H and O–H groups in total. The third-order valence-corrected chi connectivity index (χ3v) is 6.73. The van der Waals surface area contributed by atoms with Crippen molar-refractivity contribution in [3.8, 4) is 0 Å². The van der Waals surface area contributed by atoms with E-state index in [9.17, 15) is 0 Å². The van der Waals surface area contributed by atoms with Crippen molar-refractivity contribution in [2.75, 3.05) is 0 Å². The third-order valence-electron chi connectivity index (χ3n) is 6.73. The zero-order valence-electron chi connectivity index (χ0n) is 11.2. The Kier molecular flexibility index (Phi) is 2.27. The van der Waals surface area contributed by atoms with Crippen molar-refractivity contribution in [3.63, 3.8) is 0 Å². The molecule has 3 saturated carbocycles. The van der Waals surface area contributed by atoms with Gasteiger partial charge in [-0.2, -0.15) is 0 Å². The van der Waals surface area contributed by atoms with Crippen molar-refractivity contribution in [1.29, 1.82) is 0 Å². The number of unbranched alkanes of at least 4 members (excludes halogenated alkanes) is 2. The van der Waals surface area contributed by atoms with Crippen LogP contribution in [0, 0.1) is 35.0 Å². The first-order valence-electron chi connectivity index (χ1n) is 8.02. The predicted molar refractivity (Wildman–Crippen MR) is 71.6 cm³/mol. The highest BCUT2D eigenvalue weighted by molar-refractivity contribution is 5.22. The van der Waals surface area contributed by atoms with Gasteiger partial charge in [0.1, 0.15) is 0 Å². The van der Waals surface area contributed by atoms with Gasteiger partial charge in [-0.1, -0.05) is 38.3 Å². The topological polar surface area (TPSA) is 0 Å². The Labute approximate surface area is 106 Å². The van der Waals surface area contributed by atoms with Gasteiger partial charge in [0, 0.05) is 0 Å². The van der Waals surface area contributed by atoms with Crippen molar-refractivity contribution in [2.45, 2.75) is 58.3 Å². The van der Waals surface area contributed by atoms with Gasteiger partial charge in [0.15, 0.2) is 0 Å². The summed E-state index contributed by atoms with van der Waals surface area (Å²) in [4.78, 5) is 0. The molecule has 0 saturated heterocycles. The predicted octanol–water partition coefficient (Wildman–Crippen LogP) is 4.81. The summed E-state index contributed by atoms with van der Waals surface area (Å²) in [6, 6.07) is 0. The standard InChI is InChI=1S/C17H26/c1-2-3-4-8-17-9-7-14(11-17)15-12-5-6-13(10-12)16(15)17/h5-6,12-16H,2-4,7-11H2,1H3. The van der Waals surface area contributed by atoms with E-state index in [1.807, 2.05) is 0 Å². The minimum absolute atomic E-state index is 0.814. The molecule has 0 spiro atoms. The lowest BCUT2D eigenvalue weighted by molar-refractivity contribution is 0.103. The van der Waals surface area contributed by atoms with Gasteiger partial charge in [-0.05, 0) is 67.1 Å². The molecule has 0 heteroatoms. The Morgan fingerprint density at radius 3 is 2.94 bits per heavy atom. The van der Waals surface area contributed by atoms with Gasteiger partial charge in [0.25, 0.3) is 0 Å². The van der Waals surface area contributed by atoms with Crippen LogP contribution in [0.5, 0.6) is 0 Å². The molecule has 94 valence electrons. The van der Waals surface area contributed by atoms with Crippen LogP contribution in [0.25, 0.3) is 0 Å². The molecule has 4 aliphatic rings. The fraction of sp³-hybridized carbons (Fsp3) is 0.882. The van der Waals surface area contributed by atoms with Crippen LogP contribution in [0.2, 0.25) is 0 Å². The fourth-order valence-corrected chi connectivity index (χ4v) is 6.32. The monoisotopic (exact) mass is 230 g/mol. The maximum absolute atomic E-state index is 2.59. The van der Waals surface area contributed by atoms with Gasteiger partial charge < -0.3 is 0 Å². The first kappa shape index (κ1) is 10.6. The van der Waals surface area contributed by atoms with E-state index in [4.69, 9.17) is 0 Å². The van der Waals surface area contributed by atoms with E-state index in [0.29, 0.717) is 0 Å². The minimum atomic E-state index is 0.814. The summed E-state index contributed by atoms with van der Waals surface area (Å²) in [5.41, 5.74) is 0.814. The molecule has 4 bridgehead atoms. The molecule has 17 heavy (non-hydrogen) atoms. The Balaban J connectivity index is 1.57. The van der Waals surface area contributed by atoms with Gasteiger partial charge >= 0.3 is 0 Å². The highest BCUT2D eigenvalue weighted by atomic mass is 14.7. The molecule has 3 fully saturated rings. The van der Waals surface area contributed by atoms with Crippen LogP contribution >= 0.6 is 0 Å². The van der Waals surface area contributed by atoms with E-state index in [1.54, 1.807) is 25.7 Å². The summed E-state index contributed by atoms with van der Waals surface area (Å²) < 4.78 is 0. The Morgan fingerprint density at radius 2 is 2.06 bits per heavy atom. The van der Waals surface area contributed by atoms with E-state index in [2.05, 4.69) is 19.1 Å². The Morgan fingerprint density at radius 1 is 1.18 bits per heavy atom. The average molecular weight is 230 g/mol. The van der Waals surface area contributed by atoms with Crippen LogP contribution in [0.15, 0.2) is 12.2 Å². The zero-order chi connectivity index (χ0) is 11.5. The molecule has 0 heterocycles. The molecule has 0 aromatic heterocycles. The molecule has 6 atom stereocenters. The van der Waals surface area contributed by atoms with Crippen molar-refractivity contribution in [3.05, 3.63) is 12.2 Å². The van der Waals surface area contributed by atoms with Crippen LogP contribution in [0.1, 0.15) is 58.3 Å². The summed E-state index contributed by atoms with van der Waals surface area (Å²) in [6.07, 6.45) is 17.4. The van der Waals surface area contributed by atoms with Gasteiger partial charge in [0.2, 0.25) is 0 Å². The van der Waals surface area contributed by atoms with E-state index < -0.39 is 0 Å². The van der Waals surface area contributed by atoms with Crippen molar-refractivity contribution < 1.29 is 0 Å². The summed E-state index contributed by atoms with van der Waals surface area (Å²) in [5.74, 6) is 5.37. The molecule has 0 aromatic rings. The number of fused-ring (bicyclic) bond motifs is 9. The normalized spacial score (nSPS) is 53.6. The van der Waals surface area contributed by atoms with Gasteiger partial charge in [-0.3, -0.25) is 0 Å². The SMILES string of the molecule is CCCCCC12CCC(C1)C1C3C=CC(C3)C12. The summed E-state index contributed by atoms with van der Waals surface area (Å²) in [7, 11) is 0. The molecule has 0 aromatic carbocycles. The van der Waals surface area contributed by atoms with E-state index in [1.165, 1.54) is 25.7 Å². The Bertz CT molecular complexity index is 342. The van der Waals surface area contributed by atoms with Crippen LogP contribution in [-0.2, 0) is 0 Å². The first-order chi connectivity index (χ1) is 8.34. The van der Waals surface area contributed by atoms with E-state index in [-0.39, 0.29) is 0 Å². The second-order valence-corrected chi connectivity index (χ2v) is 7.37. The maximum Gasteiger partial charge on any atom is -0.0191 e. The van der Waals surface area contributed by atoms with Crippen LogP contribution in [-0.4, -0.2) is 0 Å². The molecular formula is C17H26. The van der Waals surface area contributed by atoms with Gasteiger partial charge in [-0.15, -0.1) is 0 Å². The summed E-state index contributed by atoms with van der Waals surface area (Å²) in [5, 5.41) is 0. The van der Waals surface area contributed by atoms with E-state index in [0.717, 1.165) is 35.0 Å². The highest BCUT2D eigenvalue weighted by Crippen LogP contribution is 2.72. The number of allylic oxidation sites excluding steroid dienone is 2. The molecule has 0 aliphatic heterocycles. The lowest BCUT2D eigenvalue weighted by Crippen LogP contribution is -2.33. The molecule has 0 nitrogen and oxygen atoms in total. The first-order valence-corrected chi connectivity index (χ1v) is 8.02. The number of hydrogen-bond acceptors (Lipinski definition) is 0. The van der Waals surface area contributed by atoms with Crippen LogP contribution in [0.3, 0.4) is 0 Å². The van der Waals surface area contributed by atoms with Gasteiger partial charge in [-0.25, -0.2) is 0 Å². The molecule has 4 aliphatic carbocycles. The highest BCUT2D eigenvalue weighted by Gasteiger charge is 2.64. The largest absolute Gasteiger partial charge is 0.0848 e. The second-order valence-electron chi connectivity index (χ2n) is 7.37. The molecule has 4 rings (SSSR count). The Hall–Kier alpha value is -0.260. The zero-order valence-corrected chi connectivity index (χ0v) is 11.2. The minimum Gasteiger partial charge on any atom is -0.0848 e. The summed E-state index contributed by atoms with van der Waals surface area (Å²) in [6.45, 7) is 2.34. The quantitative estimate of drug-likeness (QED) is 0.369. The molecule has 0 amide bonds. The molecular weight excluding hydrogens is 204 g/mol. The molecule has 6 unspecified atom stereocenters. The lowest BCUT2D eigenvalue weighted by atomic mass is 9.64. The van der Waals surface area contributed by atoms with Crippen molar-refractivity contribution in [2.24, 2.45) is 35.0 Å². The van der Waals surface area contributed by atoms with Crippen molar-refractivity contribution in [1.82, 2.24) is 0 Å². The molecule has 0 radical (unpaired) electrons.